The molecule has 0 N–H and O–H groups in total. The molecule has 5 rings (SSSR count). The third kappa shape index (κ3) is 3.00. The molecule has 0 bridgehead atoms. The fourth-order valence-electron chi connectivity index (χ4n) is 3.88. The number of hydrogen-bond donors (Lipinski definition) is 0. The average Bonchev–Trinajstić information content (AvgIpc) is 3.42. The van der Waals surface area contributed by atoms with Crippen LogP contribution in [0.5, 0.6) is 17.2 Å². The first-order valence-electron chi connectivity index (χ1n) is 9.25. The van der Waals surface area contributed by atoms with Crippen molar-refractivity contribution in [2.75, 3.05) is 14.2 Å². The van der Waals surface area contributed by atoms with Crippen LogP contribution in [0, 0.1) is 0 Å². The SMILES string of the molecule is COc1ccc([C@H]2Oc3ccc(Cl)cc3[C@H]3CC(c4ccco4)=NN32)cc1OC. The van der Waals surface area contributed by atoms with E-state index in [1.807, 2.05) is 53.5 Å². The van der Waals surface area contributed by atoms with Gasteiger partial charge in [0, 0.05) is 22.6 Å². The van der Waals surface area contributed by atoms with Crippen LogP contribution in [-0.4, -0.2) is 24.9 Å². The van der Waals surface area contributed by atoms with E-state index >= 15 is 0 Å². The number of nitrogens with zero attached hydrogens (tertiary/aromatic N) is 2. The Balaban J connectivity index is 1.60. The van der Waals surface area contributed by atoms with Crippen molar-refractivity contribution >= 4 is 17.3 Å². The normalized spacial score (nSPS) is 19.8. The van der Waals surface area contributed by atoms with Crippen LogP contribution in [0.15, 0.2) is 64.3 Å². The minimum atomic E-state index is -0.416. The third-order valence-corrected chi connectivity index (χ3v) is 5.49. The van der Waals surface area contributed by atoms with Gasteiger partial charge in [-0.3, -0.25) is 0 Å². The molecule has 0 unspecified atom stereocenters. The number of methoxy groups -OCH3 is 2. The molecule has 148 valence electrons. The molecule has 7 heteroatoms. The number of ether oxygens (including phenoxy) is 3. The molecule has 3 heterocycles. The van der Waals surface area contributed by atoms with Crippen molar-refractivity contribution in [3.05, 3.63) is 76.7 Å². The Morgan fingerprint density at radius 3 is 2.69 bits per heavy atom. The Hall–Kier alpha value is -3.12. The van der Waals surface area contributed by atoms with Gasteiger partial charge in [0.1, 0.15) is 17.2 Å². The summed E-state index contributed by atoms with van der Waals surface area (Å²) in [6.45, 7) is 0. The molecule has 0 aliphatic carbocycles. The molecule has 2 aromatic carbocycles. The maximum atomic E-state index is 6.36. The molecule has 0 amide bonds. The Morgan fingerprint density at radius 1 is 1.07 bits per heavy atom. The molecule has 3 aromatic rings. The molecule has 0 fully saturated rings. The first-order valence-corrected chi connectivity index (χ1v) is 9.63. The second kappa shape index (κ2) is 7.04. The molecule has 1 aromatic heterocycles. The number of benzene rings is 2. The van der Waals surface area contributed by atoms with E-state index in [9.17, 15) is 0 Å². The lowest BCUT2D eigenvalue weighted by molar-refractivity contribution is -0.0191. The molecule has 2 atom stereocenters. The molecule has 0 saturated carbocycles. The van der Waals surface area contributed by atoms with Crippen LogP contribution in [0.4, 0.5) is 0 Å². The number of hydrogen-bond acceptors (Lipinski definition) is 6. The van der Waals surface area contributed by atoms with Crippen LogP contribution in [0.2, 0.25) is 5.02 Å². The Kier molecular flexibility index (Phi) is 4.36. The Labute approximate surface area is 173 Å². The first kappa shape index (κ1) is 17.9. The molecule has 6 nitrogen and oxygen atoms in total. The predicted molar refractivity (Wildman–Crippen MR) is 109 cm³/mol. The summed E-state index contributed by atoms with van der Waals surface area (Å²) in [5.41, 5.74) is 2.80. The summed E-state index contributed by atoms with van der Waals surface area (Å²) in [6.07, 6.45) is 1.94. The summed E-state index contributed by atoms with van der Waals surface area (Å²) in [5.74, 6) is 2.86. The van der Waals surface area contributed by atoms with Gasteiger partial charge in [-0.05, 0) is 48.5 Å². The van der Waals surface area contributed by atoms with E-state index in [0.717, 1.165) is 28.3 Å². The third-order valence-electron chi connectivity index (χ3n) is 5.25. The fourth-order valence-corrected chi connectivity index (χ4v) is 4.06. The van der Waals surface area contributed by atoms with Gasteiger partial charge in [-0.25, -0.2) is 5.01 Å². The van der Waals surface area contributed by atoms with Gasteiger partial charge in [0.25, 0.3) is 0 Å². The minimum absolute atomic E-state index is 0.00403. The van der Waals surface area contributed by atoms with Crippen molar-refractivity contribution in [1.82, 2.24) is 5.01 Å². The topological polar surface area (TPSA) is 56.4 Å². The zero-order valence-electron chi connectivity index (χ0n) is 16.0. The van der Waals surface area contributed by atoms with Gasteiger partial charge in [0.2, 0.25) is 6.23 Å². The second-order valence-corrected chi connectivity index (χ2v) is 7.33. The number of rotatable bonds is 4. The van der Waals surface area contributed by atoms with Gasteiger partial charge in [-0.2, -0.15) is 5.10 Å². The van der Waals surface area contributed by atoms with Gasteiger partial charge in [-0.15, -0.1) is 0 Å². The summed E-state index contributed by atoms with van der Waals surface area (Å²) in [6, 6.07) is 15.2. The lowest BCUT2D eigenvalue weighted by Crippen LogP contribution is -2.33. The van der Waals surface area contributed by atoms with Crippen LogP contribution in [0.3, 0.4) is 0 Å². The van der Waals surface area contributed by atoms with Gasteiger partial charge in [0.15, 0.2) is 11.5 Å². The number of halogens is 1. The predicted octanol–water partition coefficient (Wildman–Crippen LogP) is 5.19. The van der Waals surface area contributed by atoms with E-state index in [2.05, 4.69) is 0 Å². The van der Waals surface area contributed by atoms with Crippen LogP contribution in [-0.2, 0) is 0 Å². The quantitative estimate of drug-likeness (QED) is 0.592. The van der Waals surface area contributed by atoms with E-state index in [-0.39, 0.29) is 6.04 Å². The number of hydrazone groups is 1. The maximum Gasteiger partial charge on any atom is 0.214 e. The van der Waals surface area contributed by atoms with E-state index < -0.39 is 6.23 Å². The largest absolute Gasteiger partial charge is 0.493 e. The summed E-state index contributed by atoms with van der Waals surface area (Å²) in [4.78, 5) is 0. The second-order valence-electron chi connectivity index (χ2n) is 6.89. The maximum absolute atomic E-state index is 6.36. The van der Waals surface area contributed by atoms with Crippen molar-refractivity contribution in [2.24, 2.45) is 5.10 Å². The first-order chi connectivity index (χ1) is 14.2. The molecular weight excluding hydrogens is 392 g/mol. The van der Waals surface area contributed by atoms with E-state index in [0.29, 0.717) is 22.9 Å². The summed E-state index contributed by atoms with van der Waals surface area (Å²) in [7, 11) is 3.23. The van der Waals surface area contributed by atoms with Crippen molar-refractivity contribution in [3.8, 4) is 17.2 Å². The number of fused-ring (bicyclic) bond motifs is 3. The highest BCUT2D eigenvalue weighted by Crippen LogP contribution is 2.48. The standard InChI is InChI=1S/C22H19ClN2O4/c1-26-20-7-5-13(10-21(20)27-2)22-25-17(12-16(24-25)19-4-3-9-28-19)15-11-14(23)6-8-18(15)29-22/h3-11,17,22H,12H2,1-2H3/t17-,22-/m1/s1. The summed E-state index contributed by atoms with van der Waals surface area (Å²) in [5, 5.41) is 7.49. The number of furan rings is 1. The molecule has 2 aliphatic rings. The van der Waals surface area contributed by atoms with Gasteiger partial charge in [0.05, 0.1) is 26.5 Å². The molecular formula is C22H19ClN2O4. The average molecular weight is 411 g/mol. The lowest BCUT2D eigenvalue weighted by Gasteiger charge is -2.38. The van der Waals surface area contributed by atoms with Crippen LogP contribution in [0.25, 0.3) is 0 Å². The molecule has 29 heavy (non-hydrogen) atoms. The summed E-state index contributed by atoms with van der Waals surface area (Å²) < 4.78 is 22.8. The molecule has 2 aliphatic heterocycles. The van der Waals surface area contributed by atoms with Crippen molar-refractivity contribution in [1.29, 1.82) is 0 Å². The fraction of sp³-hybridized carbons (Fsp3) is 0.227. The minimum Gasteiger partial charge on any atom is -0.493 e. The smallest absolute Gasteiger partial charge is 0.214 e. The molecule has 0 saturated heterocycles. The van der Waals surface area contributed by atoms with Gasteiger partial charge in [-0.1, -0.05) is 11.6 Å². The lowest BCUT2D eigenvalue weighted by atomic mass is 9.97. The van der Waals surface area contributed by atoms with Crippen molar-refractivity contribution in [3.63, 3.8) is 0 Å². The molecule has 0 spiro atoms. The highest BCUT2D eigenvalue weighted by atomic mass is 35.5. The Morgan fingerprint density at radius 2 is 1.93 bits per heavy atom. The summed E-state index contributed by atoms with van der Waals surface area (Å²) >= 11 is 6.27. The highest BCUT2D eigenvalue weighted by Gasteiger charge is 2.41. The zero-order valence-corrected chi connectivity index (χ0v) is 16.7. The monoisotopic (exact) mass is 410 g/mol. The zero-order chi connectivity index (χ0) is 20.0. The Bertz CT molecular complexity index is 1080. The van der Waals surface area contributed by atoms with E-state index in [1.165, 1.54) is 0 Å². The van der Waals surface area contributed by atoms with Crippen LogP contribution in [0.1, 0.15) is 35.6 Å². The van der Waals surface area contributed by atoms with Crippen LogP contribution >= 0.6 is 11.6 Å². The highest BCUT2D eigenvalue weighted by molar-refractivity contribution is 6.30. The van der Waals surface area contributed by atoms with Crippen molar-refractivity contribution < 1.29 is 18.6 Å². The van der Waals surface area contributed by atoms with Gasteiger partial charge < -0.3 is 18.6 Å². The van der Waals surface area contributed by atoms with E-state index in [4.69, 9.17) is 35.3 Å². The van der Waals surface area contributed by atoms with Crippen molar-refractivity contribution in [2.45, 2.75) is 18.7 Å². The van der Waals surface area contributed by atoms with E-state index in [1.54, 1.807) is 20.5 Å². The van der Waals surface area contributed by atoms with Crippen LogP contribution < -0.4 is 14.2 Å². The van der Waals surface area contributed by atoms with Gasteiger partial charge >= 0.3 is 0 Å². The molecule has 0 radical (unpaired) electrons.